The van der Waals surface area contributed by atoms with Gasteiger partial charge >= 0.3 is 11.8 Å². The first-order valence-corrected chi connectivity index (χ1v) is 6.41. The van der Waals surface area contributed by atoms with Crippen LogP contribution in [0.15, 0.2) is 21.9 Å². The number of aromatic nitrogens is 2. The Bertz CT molecular complexity index is 612. The molecule has 1 aromatic rings. The average Bonchev–Trinajstić information content (AvgIpc) is 2.78. The number of aromatic amines is 1. The summed E-state index contributed by atoms with van der Waals surface area (Å²) in [6.45, 7) is 1.46. The van der Waals surface area contributed by atoms with Gasteiger partial charge in [-0.3, -0.25) is 14.3 Å². The van der Waals surface area contributed by atoms with Gasteiger partial charge in [0.25, 0.3) is 5.56 Å². The zero-order valence-corrected chi connectivity index (χ0v) is 11.3. The van der Waals surface area contributed by atoms with Gasteiger partial charge in [0.15, 0.2) is 0 Å². The molecule has 2 rings (SSSR count). The standard InChI is InChI=1S/C12H15FN2O6/c1-2-19-12(18)20-6-8-7(13)5-10(21-8)15-4-3-9(16)14-11(15)17/h3-4,7-8,10H,2,5-6H2,1H3,(H,14,16,17)/t7-,8+,10+/m0/s1. The van der Waals surface area contributed by atoms with E-state index in [9.17, 15) is 18.8 Å². The predicted octanol–water partition coefficient (Wildman–Crippen LogP) is 0.335. The third kappa shape index (κ3) is 3.69. The molecule has 0 aliphatic carbocycles. The van der Waals surface area contributed by atoms with Crippen LogP contribution in [0.5, 0.6) is 0 Å². The first kappa shape index (κ1) is 15.2. The minimum atomic E-state index is -1.40. The summed E-state index contributed by atoms with van der Waals surface area (Å²) in [7, 11) is 0. The molecule has 1 saturated heterocycles. The molecule has 0 unspecified atom stereocenters. The molecule has 1 aromatic heterocycles. The normalized spacial score (nSPS) is 24.8. The van der Waals surface area contributed by atoms with Crippen molar-refractivity contribution in [2.24, 2.45) is 0 Å². The quantitative estimate of drug-likeness (QED) is 0.805. The molecule has 21 heavy (non-hydrogen) atoms. The third-order valence-corrected chi connectivity index (χ3v) is 2.95. The Hall–Kier alpha value is -2.16. The third-order valence-electron chi connectivity index (χ3n) is 2.95. The Morgan fingerprint density at radius 3 is 2.95 bits per heavy atom. The summed E-state index contributed by atoms with van der Waals surface area (Å²) in [5, 5.41) is 0. The molecule has 1 aliphatic rings. The summed E-state index contributed by atoms with van der Waals surface area (Å²) in [5.41, 5.74) is -1.24. The van der Waals surface area contributed by atoms with E-state index in [1.165, 1.54) is 6.20 Å². The second-order valence-electron chi connectivity index (χ2n) is 4.39. The van der Waals surface area contributed by atoms with E-state index in [-0.39, 0.29) is 19.6 Å². The fourth-order valence-corrected chi connectivity index (χ4v) is 1.97. The van der Waals surface area contributed by atoms with Gasteiger partial charge in [0.1, 0.15) is 25.1 Å². The number of hydrogen-bond donors (Lipinski definition) is 1. The highest BCUT2D eigenvalue weighted by atomic mass is 19.1. The first-order valence-electron chi connectivity index (χ1n) is 6.41. The van der Waals surface area contributed by atoms with Gasteiger partial charge in [-0.1, -0.05) is 0 Å². The summed E-state index contributed by atoms with van der Waals surface area (Å²) in [5.74, 6) is 0. The van der Waals surface area contributed by atoms with Crippen molar-refractivity contribution in [1.29, 1.82) is 0 Å². The van der Waals surface area contributed by atoms with Crippen molar-refractivity contribution in [2.75, 3.05) is 13.2 Å². The van der Waals surface area contributed by atoms with Crippen LogP contribution in [0.2, 0.25) is 0 Å². The van der Waals surface area contributed by atoms with E-state index in [4.69, 9.17) is 9.47 Å². The second-order valence-corrected chi connectivity index (χ2v) is 4.39. The lowest BCUT2D eigenvalue weighted by atomic mass is 10.2. The molecule has 3 atom stereocenters. The molecule has 116 valence electrons. The van der Waals surface area contributed by atoms with Crippen LogP contribution in [-0.2, 0) is 14.2 Å². The smallest absolute Gasteiger partial charge is 0.435 e. The molecule has 0 aromatic carbocycles. The van der Waals surface area contributed by atoms with Gasteiger partial charge in [-0.05, 0) is 6.92 Å². The Balaban J connectivity index is 1.99. The predicted molar refractivity (Wildman–Crippen MR) is 67.7 cm³/mol. The molecule has 0 spiro atoms. The number of ether oxygens (including phenoxy) is 3. The lowest BCUT2D eigenvalue weighted by Gasteiger charge is -2.15. The number of carbonyl (C=O) groups excluding carboxylic acids is 1. The molecule has 1 fully saturated rings. The van der Waals surface area contributed by atoms with Crippen LogP contribution in [0, 0.1) is 0 Å². The van der Waals surface area contributed by atoms with Crippen molar-refractivity contribution in [3.63, 3.8) is 0 Å². The minimum Gasteiger partial charge on any atom is -0.435 e. The number of halogens is 1. The molecular weight excluding hydrogens is 287 g/mol. The van der Waals surface area contributed by atoms with E-state index >= 15 is 0 Å². The van der Waals surface area contributed by atoms with Crippen molar-refractivity contribution in [3.05, 3.63) is 33.1 Å². The van der Waals surface area contributed by atoms with Gasteiger partial charge < -0.3 is 14.2 Å². The average molecular weight is 302 g/mol. The highest BCUT2D eigenvalue weighted by Gasteiger charge is 2.37. The molecular formula is C12H15FN2O6. The molecule has 0 saturated carbocycles. The zero-order chi connectivity index (χ0) is 15.4. The van der Waals surface area contributed by atoms with Gasteiger partial charge in [0.2, 0.25) is 0 Å². The monoisotopic (exact) mass is 302 g/mol. The van der Waals surface area contributed by atoms with E-state index < -0.39 is 35.9 Å². The number of H-pyrrole nitrogens is 1. The molecule has 9 heteroatoms. The molecule has 1 aliphatic heterocycles. The Kier molecular flexibility index (Phi) is 4.73. The van der Waals surface area contributed by atoms with E-state index in [0.29, 0.717) is 0 Å². The molecule has 1 N–H and O–H groups in total. The summed E-state index contributed by atoms with van der Waals surface area (Å²) >= 11 is 0. The van der Waals surface area contributed by atoms with Crippen molar-refractivity contribution in [3.8, 4) is 0 Å². The molecule has 2 heterocycles. The van der Waals surface area contributed by atoms with E-state index in [2.05, 4.69) is 9.72 Å². The fourth-order valence-electron chi connectivity index (χ4n) is 1.97. The largest absolute Gasteiger partial charge is 0.508 e. The van der Waals surface area contributed by atoms with Crippen molar-refractivity contribution in [2.45, 2.75) is 31.8 Å². The Labute approximate surface area is 118 Å². The Morgan fingerprint density at radius 1 is 1.52 bits per heavy atom. The van der Waals surface area contributed by atoms with Crippen LogP contribution < -0.4 is 11.2 Å². The van der Waals surface area contributed by atoms with Gasteiger partial charge in [-0.2, -0.15) is 0 Å². The van der Waals surface area contributed by atoms with E-state index in [0.717, 1.165) is 10.6 Å². The van der Waals surface area contributed by atoms with Crippen LogP contribution in [-0.4, -0.2) is 41.2 Å². The van der Waals surface area contributed by atoms with Gasteiger partial charge in [-0.25, -0.2) is 14.0 Å². The van der Waals surface area contributed by atoms with Gasteiger partial charge in [0.05, 0.1) is 6.61 Å². The van der Waals surface area contributed by atoms with E-state index in [1.807, 2.05) is 0 Å². The fraction of sp³-hybridized carbons (Fsp3) is 0.583. The number of nitrogens with zero attached hydrogens (tertiary/aromatic N) is 1. The molecule has 0 radical (unpaired) electrons. The van der Waals surface area contributed by atoms with E-state index in [1.54, 1.807) is 6.92 Å². The highest BCUT2D eigenvalue weighted by Crippen LogP contribution is 2.29. The molecule has 0 bridgehead atoms. The van der Waals surface area contributed by atoms with Crippen LogP contribution >= 0.6 is 0 Å². The van der Waals surface area contributed by atoms with Crippen LogP contribution in [0.4, 0.5) is 9.18 Å². The van der Waals surface area contributed by atoms with Crippen molar-refractivity contribution in [1.82, 2.24) is 9.55 Å². The number of alkyl halides is 1. The summed E-state index contributed by atoms with van der Waals surface area (Å²) in [6, 6.07) is 1.14. The minimum absolute atomic E-state index is 0.0806. The van der Waals surface area contributed by atoms with Crippen LogP contribution in [0.3, 0.4) is 0 Å². The molecule has 8 nitrogen and oxygen atoms in total. The maximum Gasteiger partial charge on any atom is 0.508 e. The van der Waals surface area contributed by atoms with Crippen LogP contribution in [0.25, 0.3) is 0 Å². The van der Waals surface area contributed by atoms with Gasteiger partial charge in [-0.15, -0.1) is 0 Å². The Morgan fingerprint density at radius 2 is 2.29 bits per heavy atom. The topological polar surface area (TPSA) is 99.6 Å². The molecule has 0 amide bonds. The first-order chi connectivity index (χ1) is 10.0. The zero-order valence-electron chi connectivity index (χ0n) is 11.3. The summed E-state index contributed by atoms with van der Waals surface area (Å²) in [6.07, 6.45) is -3.00. The number of nitrogens with one attached hydrogen (secondary N) is 1. The summed E-state index contributed by atoms with van der Waals surface area (Å²) < 4.78 is 29.5. The number of rotatable bonds is 4. The summed E-state index contributed by atoms with van der Waals surface area (Å²) in [4.78, 5) is 35.6. The SMILES string of the molecule is CCOC(=O)OC[C@H]1O[C@@H](n2ccc(=O)[nH]c2=O)C[C@@H]1F. The maximum absolute atomic E-state index is 13.8. The number of hydrogen-bond acceptors (Lipinski definition) is 6. The maximum atomic E-state index is 13.8. The van der Waals surface area contributed by atoms with Crippen LogP contribution in [0.1, 0.15) is 19.6 Å². The number of carbonyl (C=O) groups is 1. The lowest BCUT2D eigenvalue weighted by Crippen LogP contribution is -2.32. The lowest BCUT2D eigenvalue weighted by molar-refractivity contribution is -0.0493. The second kappa shape index (κ2) is 6.53. The van der Waals surface area contributed by atoms with Gasteiger partial charge in [0, 0.05) is 18.7 Å². The van der Waals surface area contributed by atoms with Crippen molar-refractivity contribution < 1.29 is 23.4 Å². The highest BCUT2D eigenvalue weighted by molar-refractivity contribution is 5.59. The van der Waals surface area contributed by atoms with Crippen molar-refractivity contribution >= 4 is 6.16 Å².